The van der Waals surface area contributed by atoms with E-state index in [-0.39, 0.29) is 12.6 Å². The first-order valence-electron chi connectivity index (χ1n) is 7.78. The number of ether oxygens (including phenoxy) is 1. The lowest BCUT2D eigenvalue weighted by molar-refractivity contribution is -0.147. The number of carbonyl (C=O) groups is 2. The highest BCUT2D eigenvalue weighted by atomic mass is 16.5. The Bertz CT molecular complexity index is 561. The molecule has 1 aliphatic heterocycles. The topological polar surface area (TPSA) is 91.8 Å². The molecule has 1 saturated heterocycles. The van der Waals surface area contributed by atoms with Gasteiger partial charge >= 0.3 is 12.0 Å². The van der Waals surface area contributed by atoms with Gasteiger partial charge in [0, 0.05) is 31.9 Å². The Kier molecular flexibility index (Phi) is 5.41. The molecule has 1 atom stereocenters. The molecular formula is C16H23N3O4. The summed E-state index contributed by atoms with van der Waals surface area (Å²) >= 11 is 0. The zero-order chi connectivity index (χ0) is 16.9. The molecule has 1 unspecified atom stereocenters. The standard InChI is InChI=1S/C16H23N3O4/c1-3-8-23-13-5-4-12(9-17-13)10-18-15(22)19-7-6-16(2,11-19)14(20)21/h4-5,9H,3,6-8,10-11H2,1-2H3,(H,18,22)(H,20,21). The quantitative estimate of drug-likeness (QED) is 0.834. The second-order valence-corrected chi connectivity index (χ2v) is 6.05. The maximum Gasteiger partial charge on any atom is 0.317 e. The normalized spacial score (nSPS) is 20.3. The number of likely N-dealkylation sites (tertiary alicyclic amines) is 1. The summed E-state index contributed by atoms with van der Waals surface area (Å²) in [5.74, 6) is -0.293. The van der Waals surface area contributed by atoms with Gasteiger partial charge in [-0.1, -0.05) is 13.0 Å². The van der Waals surface area contributed by atoms with E-state index in [2.05, 4.69) is 10.3 Å². The van der Waals surface area contributed by atoms with Crippen molar-refractivity contribution >= 4 is 12.0 Å². The van der Waals surface area contributed by atoms with Crippen LogP contribution in [0.5, 0.6) is 5.88 Å². The molecule has 0 spiro atoms. The minimum Gasteiger partial charge on any atom is -0.481 e. The lowest BCUT2D eigenvalue weighted by Gasteiger charge is -2.20. The maximum absolute atomic E-state index is 12.1. The zero-order valence-corrected chi connectivity index (χ0v) is 13.5. The molecule has 7 heteroatoms. The largest absolute Gasteiger partial charge is 0.481 e. The third kappa shape index (κ3) is 4.34. The van der Waals surface area contributed by atoms with Crippen molar-refractivity contribution in [1.82, 2.24) is 15.2 Å². The van der Waals surface area contributed by atoms with Crippen LogP contribution >= 0.6 is 0 Å². The lowest BCUT2D eigenvalue weighted by atomic mass is 9.90. The molecule has 2 heterocycles. The van der Waals surface area contributed by atoms with E-state index < -0.39 is 11.4 Å². The van der Waals surface area contributed by atoms with Crippen molar-refractivity contribution in [3.8, 4) is 5.88 Å². The van der Waals surface area contributed by atoms with Crippen LogP contribution in [-0.2, 0) is 11.3 Å². The average Bonchev–Trinajstić information content (AvgIpc) is 2.95. The van der Waals surface area contributed by atoms with Crippen LogP contribution in [-0.4, -0.2) is 46.7 Å². The highest BCUT2D eigenvalue weighted by Crippen LogP contribution is 2.29. The van der Waals surface area contributed by atoms with Crippen LogP contribution in [0.4, 0.5) is 4.79 Å². The zero-order valence-electron chi connectivity index (χ0n) is 13.5. The molecule has 1 fully saturated rings. The van der Waals surface area contributed by atoms with Crippen molar-refractivity contribution in [3.05, 3.63) is 23.9 Å². The highest BCUT2D eigenvalue weighted by molar-refractivity contribution is 5.79. The van der Waals surface area contributed by atoms with Crippen LogP contribution < -0.4 is 10.1 Å². The van der Waals surface area contributed by atoms with E-state index in [4.69, 9.17) is 4.74 Å². The first-order valence-corrected chi connectivity index (χ1v) is 7.78. The Labute approximate surface area is 135 Å². The molecule has 0 aliphatic carbocycles. The number of carbonyl (C=O) groups excluding carboxylic acids is 1. The van der Waals surface area contributed by atoms with Gasteiger partial charge in [0.2, 0.25) is 5.88 Å². The number of pyridine rings is 1. The fourth-order valence-electron chi connectivity index (χ4n) is 2.41. The molecule has 126 valence electrons. The Balaban J connectivity index is 1.82. The Morgan fingerprint density at radius 2 is 2.26 bits per heavy atom. The summed E-state index contributed by atoms with van der Waals surface area (Å²) in [6.07, 6.45) is 3.06. The third-order valence-electron chi connectivity index (χ3n) is 3.97. The van der Waals surface area contributed by atoms with Crippen LogP contribution in [0.2, 0.25) is 0 Å². The molecule has 2 rings (SSSR count). The fraction of sp³-hybridized carbons (Fsp3) is 0.562. The fourth-order valence-corrected chi connectivity index (χ4v) is 2.41. The summed E-state index contributed by atoms with van der Waals surface area (Å²) in [7, 11) is 0. The van der Waals surface area contributed by atoms with Crippen molar-refractivity contribution in [1.29, 1.82) is 0 Å². The molecule has 1 aromatic rings. The number of hydrogen-bond donors (Lipinski definition) is 2. The van der Waals surface area contributed by atoms with E-state index in [1.807, 2.05) is 13.0 Å². The molecule has 0 bridgehead atoms. The SMILES string of the molecule is CCCOc1ccc(CNC(=O)N2CCC(C)(C(=O)O)C2)cn1. The van der Waals surface area contributed by atoms with Gasteiger partial charge in [0.15, 0.2) is 0 Å². The Morgan fingerprint density at radius 3 is 2.83 bits per heavy atom. The van der Waals surface area contributed by atoms with E-state index in [9.17, 15) is 14.7 Å². The van der Waals surface area contributed by atoms with Gasteiger partial charge in [-0.3, -0.25) is 4.79 Å². The summed E-state index contributed by atoms with van der Waals surface area (Å²) in [5.41, 5.74) is 0.0133. The van der Waals surface area contributed by atoms with Gasteiger partial charge < -0.3 is 20.1 Å². The monoisotopic (exact) mass is 321 g/mol. The summed E-state index contributed by atoms with van der Waals surface area (Å²) in [6.45, 7) is 5.35. The number of aromatic nitrogens is 1. The van der Waals surface area contributed by atoms with Crippen molar-refractivity contribution in [3.63, 3.8) is 0 Å². The summed E-state index contributed by atoms with van der Waals surface area (Å²) in [4.78, 5) is 29.0. The van der Waals surface area contributed by atoms with Crippen molar-refractivity contribution in [2.75, 3.05) is 19.7 Å². The first kappa shape index (κ1) is 17.1. The van der Waals surface area contributed by atoms with Crippen LogP contribution in [0.15, 0.2) is 18.3 Å². The van der Waals surface area contributed by atoms with Crippen LogP contribution in [0.3, 0.4) is 0 Å². The van der Waals surface area contributed by atoms with Crippen molar-refractivity contribution in [2.45, 2.75) is 33.2 Å². The van der Waals surface area contributed by atoms with Gasteiger partial charge in [-0.25, -0.2) is 9.78 Å². The average molecular weight is 321 g/mol. The molecule has 2 amide bonds. The van der Waals surface area contributed by atoms with Gasteiger partial charge in [0.05, 0.1) is 12.0 Å². The van der Waals surface area contributed by atoms with Crippen LogP contribution in [0.25, 0.3) is 0 Å². The number of urea groups is 1. The minimum atomic E-state index is -0.861. The number of carboxylic acids is 1. The summed E-state index contributed by atoms with van der Waals surface area (Å²) < 4.78 is 5.40. The lowest BCUT2D eigenvalue weighted by Crippen LogP contribution is -2.40. The second kappa shape index (κ2) is 7.30. The molecule has 1 aliphatic rings. The van der Waals surface area contributed by atoms with E-state index in [0.717, 1.165) is 12.0 Å². The Hall–Kier alpha value is -2.31. The minimum absolute atomic E-state index is 0.232. The molecule has 0 radical (unpaired) electrons. The molecule has 2 N–H and O–H groups in total. The van der Waals surface area contributed by atoms with Crippen molar-refractivity contribution < 1.29 is 19.4 Å². The maximum atomic E-state index is 12.1. The van der Waals surface area contributed by atoms with E-state index in [0.29, 0.717) is 32.0 Å². The van der Waals surface area contributed by atoms with Crippen LogP contribution in [0, 0.1) is 5.41 Å². The van der Waals surface area contributed by atoms with Gasteiger partial charge in [0.1, 0.15) is 0 Å². The molecule has 0 aromatic carbocycles. The van der Waals surface area contributed by atoms with Gasteiger partial charge in [-0.2, -0.15) is 0 Å². The highest BCUT2D eigenvalue weighted by Gasteiger charge is 2.42. The number of aliphatic carboxylic acids is 1. The molecule has 23 heavy (non-hydrogen) atoms. The van der Waals surface area contributed by atoms with Crippen LogP contribution in [0.1, 0.15) is 32.3 Å². The number of carboxylic acid groups (broad SMARTS) is 1. The smallest absolute Gasteiger partial charge is 0.317 e. The molecule has 7 nitrogen and oxygen atoms in total. The van der Waals surface area contributed by atoms with E-state index in [1.54, 1.807) is 24.1 Å². The first-order chi connectivity index (χ1) is 10.9. The third-order valence-corrected chi connectivity index (χ3v) is 3.97. The number of nitrogens with one attached hydrogen (secondary N) is 1. The predicted molar refractivity (Wildman–Crippen MR) is 84.2 cm³/mol. The number of rotatable bonds is 6. The van der Waals surface area contributed by atoms with Gasteiger partial charge in [0.25, 0.3) is 0 Å². The predicted octanol–water partition coefficient (Wildman–Crippen LogP) is 1.88. The second-order valence-electron chi connectivity index (χ2n) is 6.05. The van der Waals surface area contributed by atoms with Gasteiger partial charge in [-0.05, 0) is 25.3 Å². The number of hydrogen-bond acceptors (Lipinski definition) is 4. The van der Waals surface area contributed by atoms with E-state index in [1.165, 1.54) is 0 Å². The number of nitrogens with zero attached hydrogens (tertiary/aromatic N) is 2. The van der Waals surface area contributed by atoms with Crippen molar-refractivity contribution in [2.24, 2.45) is 5.41 Å². The van der Waals surface area contributed by atoms with E-state index >= 15 is 0 Å². The number of amides is 2. The summed E-state index contributed by atoms with van der Waals surface area (Å²) in [5, 5.41) is 12.0. The summed E-state index contributed by atoms with van der Waals surface area (Å²) in [6, 6.07) is 3.37. The van der Waals surface area contributed by atoms with Gasteiger partial charge in [-0.15, -0.1) is 0 Å². The molecule has 0 saturated carbocycles. The molecular weight excluding hydrogens is 298 g/mol. The Morgan fingerprint density at radius 1 is 1.48 bits per heavy atom. The molecule has 1 aromatic heterocycles.